The van der Waals surface area contributed by atoms with Gasteiger partial charge in [-0.2, -0.15) is 0 Å². The lowest BCUT2D eigenvalue weighted by Gasteiger charge is -2.30. The van der Waals surface area contributed by atoms with Crippen LogP contribution in [0.2, 0.25) is 0 Å². The molecule has 0 spiro atoms. The van der Waals surface area contributed by atoms with E-state index in [1.54, 1.807) is 0 Å². The monoisotopic (exact) mass is 197 g/mol. The molecule has 1 heterocycles. The van der Waals surface area contributed by atoms with Crippen molar-refractivity contribution < 1.29 is 0 Å². The summed E-state index contributed by atoms with van der Waals surface area (Å²) in [6.45, 7) is 12.0. The van der Waals surface area contributed by atoms with E-state index in [0.29, 0.717) is 5.92 Å². The molecule has 0 amide bonds. The summed E-state index contributed by atoms with van der Waals surface area (Å²) in [5.74, 6) is 1.96. The Labute approximate surface area is 87.6 Å². The Morgan fingerprint density at radius 3 is 2.50 bits per heavy atom. The molecule has 1 saturated heterocycles. The molecule has 0 aromatic heterocycles. The largest absolute Gasteiger partial charge is 0.358 e. The molecule has 0 aliphatic carbocycles. The van der Waals surface area contributed by atoms with Crippen molar-refractivity contribution in [1.29, 1.82) is 0 Å². The number of amidine groups is 1. The number of hydrogen-bond acceptors (Lipinski definition) is 2. The highest BCUT2D eigenvalue weighted by Crippen LogP contribution is 2.01. The number of rotatable bonds is 3. The second-order valence-corrected chi connectivity index (χ2v) is 4.24. The van der Waals surface area contributed by atoms with Gasteiger partial charge in [-0.25, -0.2) is 0 Å². The molecule has 1 fully saturated rings. The summed E-state index contributed by atoms with van der Waals surface area (Å²) in [4.78, 5) is 7.10. The molecule has 0 aromatic rings. The van der Waals surface area contributed by atoms with Gasteiger partial charge in [0.2, 0.25) is 0 Å². The number of hydrogen-bond donors (Lipinski definition) is 1. The molecular weight excluding hydrogens is 174 g/mol. The number of nitrogens with zero attached hydrogens (tertiary/aromatic N) is 2. The molecule has 1 rings (SSSR count). The van der Waals surface area contributed by atoms with Crippen LogP contribution in [-0.4, -0.2) is 43.5 Å². The van der Waals surface area contributed by atoms with Crippen LogP contribution in [0.5, 0.6) is 0 Å². The first-order valence-corrected chi connectivity index (χ1v) is 5.73. The van der Waals surface area contributed by atoms with Crippen LogP contribution in [0.3, 0.4) is 0 Å². The summed E-state index contributed by atoms with van der Waals surface area (Å²) in [6.07, 6.45) is 1.06. The van der Waals surface area contributed by atoms with Crippen molar-refractivity contribution in [2.45, 2.75) is 27.2 Å². The van der Waals surface area contributed by atoms with Gasteiger partial charge in [0.05, 0.1) is 5.84 Å². The van der Waals surface area contributed by atoms with Gasteiger partial charge in [0, 0.05) is 39.1 Å². The van der Waals surface area contributed by atoms with Gasteiger partial charge in [-0.1, -0.05) is 20.8 Å². The van der Waals surface area contributed by atoms with Crippen molar-refractivity contribution in [3.63, 3.8) is 0 Å². The second-order valence-electron chi connectivity index (χ2n) is 4.24. The maximum atomic E-state index is 4.68. The Kier molecular flexibility index (Phi) is 4.94. The minimum absolute atomic E-state index is 0.666. The fraction of sp³-hybridized carbons (Fsp3) is 0.909. The Balaban J connectivity index is 2.46. The van der Waals surface area contributed by atoms with Gasteiger partial charge < -0.3 is 10.2 Å². The summed E-state index contributed by atoms with van der Waals surface area (Å²) in [5.41, 5.74) is 0. The van der Waals surface area contributed by atoms with E-state index in [0.717, 1.165) is 39.1 Å². The van der Waals surface area contributed by atoms with Gasteiger partial charge in [-0.05, 0) is 5.92 Å². The van der Waals surface area contributed by atoms with Gasteiger partial charge >= 0.3 is 0 Å². The van der Waals surface area contributed by atoms with E-state index < -0.39 is 0 Å². The SMILES string of the molecule is CCC(=NCC(C)C)N1CCNCC1. The average Bonchev–Trinajstić information content (AvgIpc) is 2.20. The molecule has 14 heavy (non-hydrogen) atoms. The normalized spacial score (nSPS) is 19.1. The molecule has 0 unspecified atom stereocenters. The Morgan fingerprint density at radius 2 is 2.00 bits per heavy atom. The first-order chi connectivity index (χ1) is 6.74. The van der Waals surface area contributed by atoms with Gasteiger partial charge in [-0.3, -0.25) is 4.99 Å². The first kappa shape index (κ1) is 11.5. The first-order valence-electron chi connectivity index (χ1n) is 5.73. The van der Waals surface area contributed by atoms with Crippen molar-refractivity contribution in [3.8, 4) is 0 Å². The van der Waals surface area contributed by atoms with Crippen LogP contribution >= 0.6 is 0 Å². The third-order valence-corrected chi connectivity index (χ3v) is 2.44. The van der Waals surface area contributed by atoms with E-state index in [4.69, 9.17) is 0 Å². The van der Waals surface area contributed by atoms with Gasteiger partial charge in [-0.15, -0.1) is 0 Å². The molecule has 0 radical (unpaired) electrons. The molecule has 0 atom stereocenters. The molecule has 0 saturated carbocycles. The summed E-state index contributed by atoms with van der Waals surface area (Å²) < 4.78 is 0. The molecule has 1 aliphatic heterocycles. The highest BCUT2D eigenvalue weighted by molar-refractivity contribution is 5.82. The van der Waals surface area contributed by atoms with Gasteiger partial charge in [0.1, 0.15) is 0 Å². The van der Waals surface area contributed by atoms with Crippen molar-refractivity contribution >= 4 is 5.84 Å². The zero-order valence-corrected chi connectivity index (χ0v) is 9.71. The summed E-state index contributed by atoms with van der Waals surface area (Å²) in [7, 11) is 0. The zero-order chi connectivity index (χ0) is 10.4. The molecule has 1 N–H and O–H groups in total. The summed E-state index contributed by atoms with van der Waals surface area (Å²) >= 11 is 0. The maximum Gasteiger partial charge on any atom is 0.0987 e. The van der Waals surface area contributed by atoms with Crippen LogP contribution in [-0.2, 0) is 0 Å². The number of piperazine rings is 1. The molecular formula is C11H23N3. The fourth-order valence-electron chi connectivity index (χ4n) is 1.65. The zero-order valence-electron chi connectivity index (χ0n) is 9.71. The standard InChI is InChI=1S/C11H23N3/c1-4-11(13-9-10(2)3)14-7-5-12-6-8-14/h10,12H,4-9H2,1-3H3. The maximum absolute atomic E-state index is 4.68. The van der Waals surface area contributed by atoms with E-state index in [2.05, 4.69) is 36.0 Å². The highest BCUT2D eigenvalue weighted by atomic mass is 15.2. The Morgan fingerprint density at radius 1 is 1.36 bits per heavy atom. The molecule has 82 valence electrons. The van der Waals surface area contributed by atoms with Gasteiger partial charge in [0.25, 0.3) is 0 Å². The van der Waals surface area contributed by atoms with Crippen molar-refractivity contribution in [2.75, 3.05) is 32.7 Å². The molecule has 0 bridgehead atoms. The topological polar surface area (TPSA) is 27.6 Å². The smallest absolute Gasteiger partial charge is 0.0987 e. The quantitative estimate of drug-likeness (QED) is 0.546. The van der Waals surface area contributed by atoms with E-state index in [-0.39, 0.29) is 0 Å². The second kappa shape index (κ2) is 6.02. The van der Waals surface area contributed by atoms with Crippen LogP contribution in [0.1, 0.15) is 27.2 Å². The lowest BCUT2D eigenvalue weighted by Crippen LogP contribution is -2.46. The van der Waals surface area contributed by atoms with E-state index in [9.17, 15) is 0 Å². The number of aliphatic imine (C=N–C) groups is 1. The van der Waals surface area contributed by atoms with Crippen molar-refractivity contribution in [2.24, 2.45) is 10.9 Å². The minimum atomic E-state index is 0.666. The van der Waals surface area contributed by atoms with Crippen LogP contribution in [0, 0.1) is 5.92 Å². The van der Waals surface area contributed by atoms with Crippen LogP contribution in [0.4, 0.5) is 0 Å². The third kappa shape index (κ3) is 3.66. The Bertz CT molecular complexity index is 181. The van der Waals surface area contributed by atoms with E-state index in [1.165, 1.54) is 5.84 Å². The Hall–Kier alpha value is -0.570. The predicted octanol–water partition coefficient (Wildman–Crippen LogP) is 1.36. The predicted molar refractivity (Wildman–Crippen MR) is 61.9 cm³/mol. The molecule has 0 aromatic carbocycles. The lowest BCUT2D eigenvalue weighted by atomic mass is 10.2. The van der Waals surface area contributed by atoms with E-state index in [1.807, 2.05) is 0 Å². The van der Waals surface area contributed by atoms with Crippen LogP contribution < -0.4 is 5.32 Å². The van der Waals surface area contributed by atoms with Crippen LogP contribution in [0.15, 0.2) is 4.99 Å². The third-order valence-electron chi connectivity index (χ3n) is 2.44. The van der Waals surface area contributed by atoms with Crippen molar-refractivity contribution in [1.82, 2.24) is 10.2 Å². The lowest BCUT2D eigenvalue weighted by molar-refractivity contribution is 0.350. The highest BCUT2D eigenvalue weighted by Gasteiger charge is 2.12. The van der Waals surface area contributed by atoms with E-state index >= 15 is 0 Å². The molecule has 3 heteroatoms. The summed E-state index contributed by atoms with van der Waals surface area (Å²) in [6, 6.07) is 0. The fourth-order valence-corrected chi connectivity index (χ4v) is 1.65. The van der Waals surface area contributed by atoms with Crippen LogP contribution in [0.25, 0.3) is 0 Å². The molecule has 1 aliphatic rings. The van der Waals surface area contributed by atoms with Crippen molar-refractivity contribution in [3.05, 3.63) is 0 Å². The average molecular weight is 197 g/mol. The minimum Gasteiger partial charge on any atom is -0.358 e. The summed E-state index contributed by atoms with van der Waals surface area (Å²) in [5, 5.41) is 3.36. The number of nitrogens with one attached hydrogen (secondary N) is 1. The molecule has 3 nitrogen and oxygen atoms in total. The van der Waals surface area contributed by atoms with Gasteiger partial charge in [0.15, 0.2) is 0 Å².